The van der Waals surface area contributed by atoms with Crippen LogP contribution < -0.4 is 4.72 Å². The SMILES string of the molecule is Cc1nccn1-c1ccc(CN=C2NS(=O)(=O)c3ccccc32)cc1F. The fourth-order valence-corrected chi connectivity index (χ4v) is 4.15. The van der Waals surface area contributed by atoms with Gasteiger partial charge in [-0.3, -0.25) is 9.71 Å². The van der Waals surface area contributed by atoms with E-state index in [0.717, 1.165) is 0 Å². The van der Waals surface area contributed by atoms with E-state index in [1.807, 2.05) is 0 Å². The molecule has 1 aliphatic rings. The molecule has 8 heteroatoms. The highest BCUT2D eigenvalue weighted by atomic mass is 32.2. The third-order valence-corrected chi connectivity index (χ3v) is 5.58. The number of hydrogen-bond donors (Lipinski definition) is 1. The summed E-state index contributed by atoms with van der Waals surface area (Å²) in [6, 6.07) is 11.4. The molecule has 0 unspecified atom stereocenters. The highest BCUT2D eigenvalue weighted by Crippen LogP contribution is 2.23. The number of aryl methyl sites for hydroxylation is 1. The molecule has 1 N–H and O–H groups in total. The Morgan fingerprint density at radius 2 is 2.04 bits per heavy atom. The Bertz CT molecular complexity index is 1140. The molecule has 0 aliphatic carbocycles. The maximum atomic E-state index is 14.4. The highest BCUT2D eigenvalue weighted by molar-refractivity contribution is 7.90. The minimum absolute atomic E-state index is 0.159. The number of halogens is 1. The van der Waals surface area contributed by atoms with Gasteiger partial charge in [-0.1, -0.05) is 18.2 Å². The molecular formula is C18H15FN4O2S. The second-order valence-electron chi connectivity index (χ2n) is 5.90. The van der Waals surface area contributed by atoms with Gasteiger partial charge in [0.2, 0.25) is 0 Å². The van der Waals surface area contributed by atoms with E-state index in [4.69, 9.17) is 0 Å². The lowest BCUT2D eigenvalue weighted by Crippen LogP contribution is -2.22. The molecule has 6 nitrogen and oxygen atoms in total. The molecule has 2 aromatic carbocycles. The Morgan fingerprint density at radius 1 is 1.23 bits per heavy atom. The van der Waals surface area contributed by atoms with Crippen molar-refractivity contribution in [2.24, 2.45) is 4.99 Å². The van der Waals surface area contributed by atoms with Gasteiger partial charge in [0.15, 0.2) is 0 Å². The molecule has 0 fully saturated rings. The van der Waals surface area contributed by atoms with Crippen molar-refractivity contribution in [3.05, 3.63) is 77.6 Å². The van der Waals surface area contributed by atoms with Crippen LogP contribution in [0.25, 0.3) is 5.69 Å². The minimum atomic E-state index is -3.57. The number of nitrogens with one attached hydrogen (secondary N) is 1. The molecule has 132 valence electrons. The first-order valence-corrected chi connectivity index (χ1v) is 9.39. The lowest BCUT2D eigenvalue weighted by Gasteiger charge is -2.08. The van der Waals surface area contributed by atoms with Gasteiger partial charge in [-0.05, 0) is 36.8 Å². The number of aliphatic imine (C=N–C) groups is 1. The third-order valence-electron chi connectivity index (χ3n) is 4.18. The van der Waals surface area contributed by atoms with Gasteiger partial charge in [0.1, 0.15) is 17.5 Å². The van der Waals surface area contributed by atoms with Crippen molar-refractivity contribution in [2.75, 3.05) is 0 Å². The van der Waals surface area contributed by atoms with E-state index >= 15 is 0 Å². The average molecular weight is 370 g/mol. The first-order chi connectivity index (χ1) is 12.5. The van der Waals surface area contributed by atoms with E-state index in [9.17, 15) is 12.8 Å². The predicted molar refractivity (Wildman–Crippen MR) is 95.3 cm³/mol. The van der Waals surface area contributed by atoms with Gasteiger partial charge in [0.25, 0.3) is 10.0 Å². The normalized spacial score (nSPS) is 16.5. The van der Waals surface area contributed by atoms with Crippen LogP contribution in [0.1, 0.15) is 17.0 Å². The Hall–Kier alpha value is -3.00. The van der Waals surface area contributed by atoms with Crippen LogP contribution in [0.5, 0.6) is 0 Å². The Balaban J connectivity index is 1.63. The van der Waals surface area contributed by atoms with Crippen LogP contribution in [0.2, 0.25) is 0 Å². The first-order valence-electron chi connectivity index (χ1n) is 7.91. The molecule has 2 heterocycles. The maximum absolute atomic E-state index is 14.4. The molecule has 4 rings (SSSR count). The van der Waals surface area contributed by atoms with Crippen molar-refractivity contribution in [1.29, 1.82) is 0 Å². The van der Waals surface area contributed by atoms with Gasteiger partial charge < -0.3 is 4.57 Å². The number of hydrogen-bond acceptors (Lipinski definition) is 4. The number of aromatic nitrogens is 2. The summed E-state index contributed by atoms with van der Waals surface area (Å²) < 4.78 is 42.7. The lowest BCUT2D eigenvalue weighted by molar-refractivity contribution is 0.595. The van der Waals surface area contributed by atoms with Crippen molar-refractivity contribution in [2.45, 2.75) is 18.4 Å². The number of imidazole rings is 1. The van der Waals surface area contributed by atoms with Gasteiger partial charge >= 0.3 is 0 Å². The second kappa shape index (κ2) is 6.06. The smallest absolute Gasteiger partial charge is 0.263 e. The molecule has 1 aromatic heterocycles. The molecule has 0 spiro atoms. The number of benzene rings is 2. The zero-order valence-electron chi connectivity index (χ0n) is 13.8. The average Bonchev–Trinajstić information content (AvgIpc) is 3.15. The van der Waals surface area contributed by atoms with E-state index in [1.54, 1.807) is 54.2 Å². The molecule has 0 amide bonds. The summed E-state index contributed by atoms with van der Waals surface area (Å²) in [5.74, 6) is 0.570. The van der Waals surface area contributed by atoms with Crippen molar-refractivity contribution in [1.82, 2.24) is 14.3 Å². The standard InChI is InChI=1S/C18H15FN4O2S/c1-12-20-8-9-23(12)16-7-6-13(10-15(16)19)11-21-18-14-4-2-3-5-17(14)26(24,25)22-18/h2-10H,11H2,1H3,(H,21,22). The number of rotatable bonds is 3. The van der Waals surface area contributed by atoms with Crippen molar-refractivity contribution in [3.8, 4) is 5.69 Å². The van der Waals surface area contributed by atoms with E-state index in [-0.39, 0.29) is 17.3 Å². The molecule has 0 bridgehead atoms. The molecule has 26 heavy (non-hydrogen) atoms. The fourth-order valence-electron chi connectivity index (χ4n) is 2.90. The van der Waals surface area contributed by atoms with Gasteiger partial charge in [-0.25, -0.2) is 17.8 Å². The largest absolute Gasteiger partial charge is 0.301 e. The van der Waals surface area contributed by atoms with E-state index in [0.29, 0.717) is 22.6 Å². The van der Waals surface area contributed by atoms with Crippen LogP contribution >= 0.6 is 0 Å². The van der Waals surface area contributed by atoms with Gasteiger partial charge in [0.05, 0.1) is 17.1 Å². The van der Waals surface area contributed by atoms with Crippen molar-refractivity contribution >= 4 is 15.9 Å². The quantitative estimate of drug-likeness (QED) is 0.770. The van der Waals surface area contributed by atoms with Gasteiger partial charge in [-0.15, -0.1) is 0 Å². The molecule has 0 atom stereocenters. The lowest BCUT2D eigenvalue weighted by atomic mass is 10.2. The van der Waals surface area contributed by atoms with Crippen LogP contribution in [0, 0.1) is 12.7 Å². The fraction of sp³-hybridized carbons (Fsp3) is 0.111. The van der Waals surface area contributed by atoms with Crippen LogP contribution in [0.4, 0.5) is 4.39 Å². The number of sulfonamides is 1. The summed E-state index contributed by atoms with van der Waals surface area (Å²) in [5, 5.41) is 0. The van der Waals surface area contributed by atoms with E-state index in [1.165, 1.54) is 12.1 Å². The number of amidine groups is 1. The Labute approximate surface area is 150 Å². The summed E-state index contributed by atoms with van der Waals surface area (Å²) in [6.45, 7) is 1.95. The second-order valence-corrected chi connectivity index (χ2v) is 7.55. The van der Waals surface area contributed by atoms with Crippen molar-refractivity contribution in [3.63, 3.8) is 0 Å². The Kier molecular flexibility index (Phi) is 3.84. The van der Waals surface area contributed by atoms with E-state index < -0.39 is 15.8 Å². The third kappa shape index (κ3) is 2.78. The highest BCUT2D eigenvalue weighted by Gasteiger charge is 2.29. The van der Waals surface area contributed by atoms with Crippen LogP contribution in [-0.4, -0.2) is 23.8 Å². The number of fused-ring (bicyclic) bond motifs is 1. The summed E-state index contributed by atoms with van der Waals surface area (Å²) in [6.07, 6.45) is 3.30. The molecule has 0 saturated carbocycles. The summed E-state index contributed by atoms with van der Waals surface area (Å²) >= 11 is 0. The van der Waals surface area contributed by atoms with Crippen LogP contribution in [0.15, 0.2) is 64.7 Å². The topological polar surface area (TPSA) is 76.3 Å². The monoisotopic (exact) mass is 370 g/mol. The van der Waals surface area contributed by atoms with Crippen LogP contribution in [-0.2, 0) is 16.6 Å². The van der Waals surface area contributed by atoms with Crippen LogP contribution in [0.3, 0.4) is 0 Å². The summed E-state index contributed by atoms with van der Waals surface area (Å²) in [5.41, 5.74) is 1.57. The maximum Gasteiger partial charge on any atom is 0.263 e. The summed E-state index contributed by atoms with van der Waals surface area (Å²) in [7, 11) is -3.57. The zero-order chi connectivity index (χ0) is 18.3. The van der Waals surface area contributed by atoms with Gasteiger partial charge in [-0.2, -0.15) is 0 Å². The first kappa shape index (κ1) is 16.5. The molecular weight excluding hydrogens is 355 g/mol. The zero-order valence-corrected chi connectivity index (χ0v) is 14.7. The summed E-state index contributed by atoms with van der Waals surface area (Å²) in [4.78, 5) is 8.62. The molecule has 3 aromatic rings. The molecule has 1 aliphatic heterocycles. The Morgan fingerprint density at radius 3 is 2.77 bits per heavy atom. The van der Waals surface area contributed by atoms with E-state index in [2.05, 4.69) is 14.7 Å². The molecule has 0 radical (unpaired) electrons. The van der Waals surface area contributed by atoms with Crippen molar-refractivity contribution < 1.29 is 12.8 Å². The number of nitrogens with zero attached hydrogens (tertiary/aromatic N) is 3. The van der Waals surface area contributed by atoms with Gasteiger partial charge in [0, 0.05) is 18.0 Å². The molecule has 0 saturated heterocycles. The predicted octanol–water partition coefficient (Wildman–Crippen LogP) is 2.56. The minimum Gasteiger partial charge on any atom is -0.301 e.